The highest BCUT2D eigenvalue weighted by Gasteiger charge is 2.30. The molecule has 0 radical (unpaired) electrons. The molecular formula is C9H15N3O4S. The number of carbonyl (C=O) groups is 1. The molecule has 1 aromatic heterocycles. The zero-order valence-corrected chi connectivity index (χ0v) is 10.9. The Hall–Kier alpha value is -1.41. The Labute approximate surface area is 99.6 Å². The van der Waals surface area contributed by atoms with Crippen LogP contribution in [-0.2, 0) is 14.8 Å². The first-order valence-corrected chi connectivity index (χ1v) is 6.45. The van der Waals surface area contributed by atoms with Crippen LogP contribution in [0.3, 0.4) is 0 Å². The largest absolute Gasteiger partial charge is 0.465 e. The van der Waals surface area contributed by atoms with E-state index in [9.17, 15) is 13.2 Å². The molecule has 0 aliphatic heterocycles. The number of carbonyl (C=O) groups excluding carboxylic acids is 1. The fourth-order valence-corrected chi connectivity index (χ4v) is 2.51. The van der Waals surface area contributed by atoms with Gasteiger partial charge < -0.3 is 4.74 Å². The molecule has 0 spiro atoms. The van der Waals surface area contributed by atoms with Crippen molar-refractivity contribution in [3.63, 3.8) is 0 Å². The smallest absolute Gasteiger partial charge is 0.342 e. The van der Waals surface area contributed by atoms with Crippen LogP contribution in [0.1, 0.15) is 35.9 Å². The first kappa shape index (κ1) is 13.7. The molecule has 96 valence electrons. The van der Waals surface area contributed by atoms with Crippen LogP contribution in [0.4, 0.5) is 0 Å². The van der Waals surface area contributed by atoms with E-state index in [1.807, 2.05) is 0 Å². The number of primary sulfonamides is 1. The molecule has 1 heterocycles. The second kappa shape index (κ2) is 4.46. The molecule has 17 heavy (non-hydrogen) atoms. The number of nitrogens with two attached hydrogens (primary N) is 1. The lowest BCUT2D eigenvalue weighted by Crippen LogP contribution is -2.22. The van der Waals surface area contributed by atoms with Gasteiger partial charge in [-0.2, -0.15) is 5.10 Å². The molecular weight excluding hydrogens is 246 g/mol. The van der Waals surface area contributed by atoms with E-state index in [-0.39, 0.29) is 22.3 Å². The zero-order chi connectivity index (χ0) is 13.4. The van der Waals surface area contributed by atoms with E-state index in [0.717, 1.165) is 0 Å². The average molecular weight is 261 g/mol. The summed E-state index contributed by atoms with van der Waals surface area (Å²) in [7, 11) is -2.88. The van der Waals surface area contributed by atoms with E-state index in [4.69, 9.17) is 5.14 Å². The lowest BCUT2D eigenvalue weighted by molar-refractivity contribution is 0.0595. The van der Waals surface area contributed by atoms with Gasteiger partial charge in [-0.05, 0) is 20.8 Å². The summed E-state index contributed by atoms with van der Waals surface area (Å²) in [5.74, 6) is -0.765. The molecule has 7 nitrogen and oxygen atoms in total. The van der Waals surface area contributed by atoms with E-state index < -0.39 is 16.0 Å². The van der Waals surface area contributed by atoms with Crippen LogP contribution in [0.5, 0.6) is 0 Å². The summed E-state index contributed by atoms with van der Waals surface area (Å²) < 4.78 is 28.8. The minimum absolute atomic E-state index is 0.108. The Morgan fingerprint density at radius 1 is 1.47 bits per heavy atom. The molecule has 1 aromatic rings. The number of esters is 1. The third-order valence-electron chi connectivity index (χ3n) is 2.19. The van der Waals surface area contributed by atoms with Crippen molar-refractivity contribution in [1.29, 1.82) is 0 Å². The van der Waals surface area contributed by atoms with Gasteiger partial charge in [-0.25, -0.2) is 23.0 Å². The third-order valence-corrected chi connectivity index (χ3v) is 3.12. The van der Waals surface area contributed by atoms with Crippen molar-refractivity contribution in [3.8, 4) is 0 Å². The molecule has 8 heteroatoms. The van der Waals surface area contributed by atoms with Gasteiger partial charge in [-0.15, -0.1) is 0 Å². The Kier molecular flexibility index (Phi) is 3.58. The molecule has 2 N–H and O–H groups in total. The number of nitrogens with zero attached hydrogens (tertiary/aromatic N) is 2. The summed E-state index contributed by atoms with van der Waals surface area (Å²) >= 11 is 0. The zero-order valence-electron chi connectivity index (χ0n) is 10.1. The SMILES string of the molecule is COC(=O)c1c(C)nn(C(C)C)c1S(N)(=O)=O. The Balaban J connectivity index is 3.66. The van der Waals surface area contributed by atoms with E-state index in [1.165, 1.54) is 18.7 Å². The van der Waals surface area contributed by atoms with Gasteiger partial charge in [0, 0.05) is 6.04 Å². The van der Waals surface area contributed by atoms with Crippen molar-refractivity contribution >= 4 is 16.0 Å². The number of methoxy groups -OCH3 is 1. The van der Waals surface area contributed by atoms with Crippen molar-refractivity contribution < 1.29 is 17.9 Å². The van der Waals surface area contributed by atoms with Crippen LogP contribution in [0, 0.1) is 6.92 Å². The van der Waals surface area contributed by atoms with E-state index in [1.54, 1.807) is 13.8 Å². The van der Waals surface area contributed by atoms with Crippen molar-refractivity contribution in [2.24, 2.45) is 5.14 Å². The fraction of sp³-hybridized carbons (Fsp3) is 0.556. The number of ether oxygens (including phenoxy) is 1. The maximum absolute atomic E-state index is 11.5. The van der Waals surface area contributed by atoms with Crippen molar-refractivity contribution in [2.75, 3.05) is 7.11 Å². The van der Waals surface area contributed by atoms with Crippen LogP contribution in [0.2, 0.25) is 0 Å². The van der Waals surface area contributed by atoms with E-state index in [2.05, 4.69) is 9.84 Å². The molecule has 0 atom stereocenters. The van der Waals surface area contributed by atoms with Gasteiger partial charge in [-0.1, -0.05) is 0 Å². The molecule has 0 saturated carbocycles. The van der Waals surface area contributed by atoms with Gasteiger partial charge in [0.25, 0.3) is 10.0 Å². The van der Waals surface area contributed by atoms with Gasteiger partial charge in [0.2, 0.25) is 0 Å². The lowest BCUT2D eigenvalue weighted by Gasteiger charge is -2.09. The third kappa shape index (κ3) is 2.47. The number of aryl methyl sites for hydroxylation is 1. The summed E-state index contributed by atoms with van der Waals surface area (Å²) in [4.78, 5) is 11.5. The lowest BCUT2D eigenvalue weighted by atomic mass is 10.3. The van der Waals surface area contributed by atoms with Gasteiger partial charge in [0.15, 0.2) is 5.03 Å². The number of aromatic nitrogens is 2. The molecule has 0 aliphatic rings. The molecule has 0 fully saturated rings. The predicted octanol–water partition coefficient (Wildman–Crippen LogP) is 0.206. The van der Waals surface area contributed by atoms with Crippen LogP contribution in [-0.4, -0.2) is 31.3 Å². The van der Waals surface area contributed by atoms with Gasteiger partial charge in [-0.3, -0.25) is 0 Å². The molecule has 0 bridgehead atoms. The Morgan fingerprint density at radius 3 is 2.35 bits per heavy atom. The predicted molar refractivity (Wildman–Crippen MR) is 60.1 cm³/mol. The maximum Gasteiger partial charge on any atom is 0.342 e. The number of hydrogen-bond acceptors (Lipinski definition) is 5. The quantitative estimate of drug-likeness (QED) is 0.783. The molecule has 0 unspecified atom stereocenters. The first-order chi connectivity index (χ1) is 7.70. The van der Waals surface area contributed by atoms with Crippen LogP contribution in [0.25, 0.3) is 0 Å². The van der Waals surface area contributed by atoms with Crippen molar-refractivity contribution in [3.05, 3.63) is 11.3 Å². The normalized spacial score (nSPS) is 11.9. The Bertz CT molecular complexity index is 545. The summed E-state index contributed by atoms with van der Waals surface area (Å²) in [6, 6.07) is -0.236. The summed E-state index contributed by atoms with van der Waals surface area (Å²) in [6.45, 7) is 5.00. The molecule has 0 saturated heterocycles. The maximum atomic E-state index is 11.5. The highest BCUT2D eigenvalue weighted by atomic mass is 32.2. The number of hydrogen-bond donors (Lipinski definition) is 1. The first-order valence-electron chi connectivity index (χ1n) is 4.90. The van der Waals surface area contributed by atoms with Gasteiger partial charge in [0.1, 0.15) is 5.56 Å². The standard InChI is InChI=1S/C9H15N3O4S/c1-5(2)12-8(17(10,14)15)7(6(3)11-12)9(13)16-4/h5H,1-4H3,(H2,10,14,15). The second-order valence-electron chi connectivity index (χ2n) is 3.84. The van der Waals surface area contributed by atoms with Crippen LogP contribution in [0.15, 0.2) is 5.03 Å². The van der Waals surface area contributed by atoms with Crippen molar-refractivity contribution in [1.82, 2.24) is 9.78 Å². The topological polar surface area (TPSA) is 104 Å². The number of sulfonamides is 1. The second-order valence-corrected chi connectivity index (χ2v) is 5.32. The molecule has 0 aliphatic carbocycles. The van der Waals surface area contributed by atoms with Crippen LogP contribution >= 0.6 is 0 Å². The minimum atomic E-state index is -4.04. The summed E-state index contributed by atoms with van der Waals surface area (Å²) in [5.41, 5.74) is 0.165. The highest BCUT2D eigenvalue weighted by molar-refractivity contribution is 7.89. The molecule has 0 aromatic carbocycles. The number of rotatable bonds is 3. The average Bonchev–Trinajstić information content (AvgIpc) is 2.54. The summed E-state index contributed by atoms with van der Waals surface area (Å²) in [5, 5.41) is 8.80. The van der Waals surface area contributed by atoms with Crippen molar-refractivity contribution in [2.45, 2.75) is 31.8 Å². The molecule has 0 amide bonds. The minimum Gasteiger partial charge on any atom is -0.465 e. The van der Waals surface area contributed by atoms with Gasteiger partial charge >= 0.3 is 5.97 Å². The van der Waals surface area contributed by atoms with Crippen LogP contribution < -0.4 is 5.14 Å². The molecule has 1 rings (SSSR count). The fourth-order valence-electron chi connectivity index (χ4n) is 1.49. The van der Waals surface area contributed by atoms with E-state index in [0.29, 0.717) is 0 Å². The van der Waals surface area contributed by atoms with Gasteiger partial charge in [0.05, 0.1) is 12.8 Å². The highest BCUT2D eigenvalue weighted by Crippen LogP contribution is 2.22. The van der Waals surface area contributed by atoms with E-state index >= 15 is 0 Å². The Morgan fingerprint density at radius 2 is 2.00 bits per heavy atom. The monoisotopic (exact) mass is 261 g/mol. The summed E-state index contributed by atoms with van der Waals surface area (Å²) in [6.07, 6.45) is 0.